The Hall–Kier alpha value is -3.59. The van der Waals surface area contributed by atoms with E-state index in [1.165, 1.54) is 0 Å². The largest absolute Gasteiger partial charge is 0.494 e. The van der Waals surface area contributed by atoms with Crippen LogP contribution >= 0.6 is 0 Å². The molecule has 3 rings (SSSR count). The number of amides is 1. The van der Waals surface area contributed by atoms with Gasteiger partial charge in [0.1, 0.15) is 23.9 Å². The third-order valence-electron chi connectivity index (χ3n) is 4.59. The van der Waals surface area contributed by atoms with Gasteiger partial charge in [-0.2, -0.15) is 0 Å². The zero-order valence-corrected chi connectivity index (χ0v) is 19.1. The quantitative estimate of drug-likeness (QED) is 0.471. The van der Waals surface area contributed by atoms with Crippen LogP contribution in [0.15, 0.2) is 77.7 Å². The number of nitrogens with one attached hydrogen (secondary N) is 1. The van der Waals surface area contributed by atoms with Crippen LogP contribution in [0, 0.1) is 5.82 Å². The first-order chi connectivity index (χ1) is 15.8. The van der Waals surface area contributed by atoms with Gasteiger partial charge in [0.15, 0.2) is 0 Å². The van der Waals surface area contributed by atoms with Gasteiger partial charge in [-0.1, -0.05) is 12.1 Å². The Morgan fingerprint density at radius 2 is 1.55 bits per heavy atom. The van der Waals surface area contributed by atoms with Crippen molar-refractivity contribution >= 4 is 27.3 Å². The smallest absolute Gasteiger partial charge is 0.264 e. The number of anilines is 2. The van der Waals surface area contributed by atoms with Crippen LogP contribution in [0.3, 0.4) is 0 Å². The van der Waals surface area contributed by atoms with E-state index in [1.807, 2.05) is 13.8 Å². The number of hydrogen-bond donors (Lipinski definition) is 1. The van der Waals surface area contributed by atoms with Crippen LogP contribution in [-0.2, 0) is 14.8 Å². The van der Waals surface area contributed by atoms with Crippen LogP contribution in [0.5, 0.6) is 11.5 Å². The fourth-order valence-electron chi connectivity index (χ4n) is 3.10. The maximum absolute atomic E-state index is 13.4. The number of nitrogens with zero attached hydrogens (tertiary/aromatic N) is 1. The van der Waals surface area contributed by atoms with Gasteiger partial charge in [0.2, 0.25) is 5.91 Å². The van der Waals surface area contributed by atoms with Gasteiger partial charge in [-0.05, 0) is 74.5 Å². The second-order valence-electron chi connectivity index (χ2n) is 6.87. The molecule has 0 aliphatic carbocycles. The molecule has 0 aromatic heterocycles. The summed E-state index contributed by atoms with van der Waals surface area (Å²) in [6.45, 7) is 4.02. The van der Waals surface area contributed by atoms with Gasteiger partial charge in [-0.25, -0.2) is 12.8 Å². The van der Waals surface area contributed by atoms with Crippen LogP contribution in [-0.4, -0.2) is 34.1 Å². The van der Waals surface area contributed by atoms with E-state index >= 15 is 0 Å². The van der Waals surface area contributed by atoms with Crippen molar-refractivity contribution in [3.05, 3.63) is 78.6 Å². The minimum atomic E-state index is -4.17. The summed E-state index contributed by atoms with van der Waals surface area (Å²) in [7, 11) is -4.17. The molecule has 0 aliphatic heterocycles. The van der Waals surface area contributed by atoms with Crippen molar-refractivity contribution in [1.29, 1.82) is 0 Å². The lowest BCUT2D eigenvalue weighted by atomic mass is 10.3. The van der Waals surface area contributed by atoms with Crippen molar-refractivity contribution in [2.75, 3.05) is 29.4 Å². The van der Waals surface area contributed by atoms with E-state index in [1.54, 1.807) is 48.5 Å². The number of sulfonamides is 1. The molecule has 174 valence electrons. The summed E-state index contributed by atoms with van der Waals surface area (Å²) in [4.78, 5) is 12.8. The molecule has 0 saturated heterocycles. The molecule has 1 N–H and O–H groups in total. The molecule has 0 fully saturated rings. The van der Waals surface area contributed by atoms with Gasteiger partial charge in [0.05, 0.1) is 29.5 Å². The number of hydrogen-bond acceptors (Lipinski definition) is 5. The van der Waals surface area contributed by atoms with Crippen molar-refractivity contribution in [2.24, 2.45) is 0 Å². The van der Waals surface area contributed by atoms with Crippen LogP contribution in [0.25, 0.3) is 0 Å². The van der Waals surface area contributed by atoms with E-state index in [0.29, 0.717) is 30.4 Å². The van der Waals surface area contributed by atoms with E-state index in [0.717, 1.165) is 28.6 Å². The molecule has 3 aromatic carbocycles. The van der Waals surface area contributed by atoms with Crippen LogP contribution in [0.1, 0.15) is 13.8 Å². The molecule has 3 aromatic rings. The third-order valence-corrected chi connectivity index (χ3v) is 6.37. The molecule has 7 nitrogen and oxygen atoms in total. The third kappa shape index (κ3) is 6.01. The Balaban J connectivity index is 1.93. The number of halogens is 1. The van der Waals surface area contributed by atoms with Crippen LogP contribution in [0.2, 0.25) is 0 Å². The van der Waals surface area contributed by atoms with Gasteiger partial charge in [0.25, 0.3) is 10.0 Å². The highest BCUT2D eigenvalue weighted by molar-refractivity contribution is 7.92. The van der Waals surface area contributed by atoms with Gasteiger partial charge >= 0.3 is 0 Å². The average Bonchev–Trinajstić information content (AvgIpc) is 2.80. The fourth-order valence-corrected chi connectivity index (χ4v) is 4.52. The van der Waals surface area contributed by atoms with Gasteiger partial charge in [0, 0.05) is 0 Å². The number of carbonyl (C=O) groups excluding carboxylic acids is 1. The van der Waals surface area contributed by atoms with Gasteiger partial charge in [-0.15, -0.1) is 0 Å². The Bertz CT molecular complexity index is 1180. The highest BCUT2D eigenvalue weighted by Crippen LogP contribution is 2.27. The number of rotatable bonds is 10. The molecular weight excluding hydrogens is 447 g/mol. The molecule has 0 aliphatic rings. The lowest BCUT2D eigenvalue weighted by Gasteiger charge is -2.24. The normalized spacial score (nSPS) is 11.0. The summed E-state index contributed by atoms with van der Waals surface area (Å²) in [6, 6.07) is 17.6. The minimum absolute atomic E-state index is 0.139. The highest BCUT2D eigenvalue weighted by atomic mass is 32.2. The van der Waals surface area contributed by atoms with Crippen molar-refractivity contribution in [3.63, 3.8) is 0 Å². The van der Waals surface area contributed by atoms with Gasteiger partial charge < -0.3 is 14.8 Å². The van der Waals surface area contributed by atoms with E-state index in [2.05, 4.69) is 5.32 Å². The van der Waals surface area contributed by atoms with Crippen molar-refractivity contribution in [2.45, 2.75) is 18.7 Å². The first kappa shape index (κ1) is 24.1. The van der Waals surface area contributed by atoms with Crippen LogP contribution < -0.4 is 19.1 Å². The Morgan fingerprint density at radius 3 is 2.18 bits per heavy atom. The monoisotopic (exact) mass is 472 g/mol. The lowest BCUT2D eigenvalue weighted by Crippen LogP contribution is -2.38. The first-order valence-electron chi connectivity index (χ1n) is 10.4. The van der Waals surface area contributed by atoms with E-state index in [4.69, 9.17) is 9.47 Å². The summed E-state index contributed by atoms with van der Waals surface area (Å²) >= 11 is 0. The topological polar surface area (TPSA) is 84.9 Å². The number of ether oxygens (including phenoxy) is 2. The molecule has 0 atom stereocenters. The zero-order valence-electron chi connectivity index (χ0n) is 18.3. The van der Waals surface area contributed by atoms with Crippen molar-refractivity contribution in [1.82, 2.24) is 0 Å². The maximum Gasteiger partial charge on any atom is 0.264 e. The molecule has 0 saturated carbocycles. The van der Waals surface area contributed by atoms with Gasteiger partial charge in [-0.3, -0.25) is 9.10 Å². The molecule has 0 bridgehead atoms. The highest BCUT2D eigenvalue weighted by Gasteiger charge is 2.27. The first-order valence-corrected chi connectivity index (χ1v) is 11.8. The number of benzene rings is 3. The Labute approximate surface area is 192 Å². The second kappa shape index (κ2) is 10.8. The van der Waals surface area contributed by atoms with Crippen LogP contribution in [0.4, 0.5) is 15.8 Å². The zero-order chi connectivity index (χ0) is 23.8. The standard InChI is InChI=1S/C24H25FN2O5S/c1-3-31-20-13-11-19(12-14-20)27(33(29,30)21-15-9-18(25)10-16-21)17-24(28)26-22-7-5-6-8-23(22)32-4-2/h5-16H,3-4,17H2,1-2H3,(H,26,28). The molecule has 1 amide bonds. The Kier molecular flexibility index (Phi) is 7.89. The summed E-state index contributed by atoms with van der Waals surface area (Å²) in [6.07, 6.45) is 0. The lowest BCUT2D eigenvalue weighted by molar-refractivity contribution is -0.114. The maximum atomic E-state index is 13.4. The molecule has 0 unspecified atom stereocenters. The molecule has 33 heavy (non-hydrogen) atoms. The summed E-state index contributed by atoms with van der Waals surface area (Å²) in [5.41, 5.74) is 0.686. The molecule has 0 heterocycles. The molecule has 9 heteroatoms. The summed E-state index contributed by atoms with van der Waals surface area (Å²) in [5.74, 6) is -0.0913. The van der Waals surface area contributed by atoms with E-state index in [-0.39, 0.29) is 10.6 Å². The van der Waals surface area contributed by atoms with E-state index in [9.17, 15) is 17.6 Å². The Morgan fingerprint density at radius 1 is 0.909 bits per heavy atom. The number of carbonyl (C=O) groups is 1. The average molecular weight is 473 g/mol. The summed E-state index contributed by atoms with van der Waals surface area (Å²) < 4.78 is 52.0. The minimum Gasteiger partial charge on any atom is -0.494 e. The summed E-state index contributed by atoms with van der Waals surface area (Å²) in [5, 5.41) is 2.71. The molecule has 0 spiro atoms. The SMILES string of the molecule is CCOc1ccc(N(CC(=O)Nc2ccccc2OCC)S(=O)(=O)c2ccc(F)cc2)cc1. The predicted molar refractivity (Wildman–Crippen MR) is 125 cm³/mol. The fraction of sp³-hybridized carbons (Fsp3) is 0.208. The van der Waals surface area contributed by atoms with Crippen molar-refractivity contribution < 1.29 is 27.1 Å². The van der Waals surface area contributed by atoms with Crippen molar-refractivity contribution in [3.8, 4) is 11.5 Å². The number of para-hydroxylation sites is 2. The molecular formula is C24H25FN2O5S. The van der Waals surface area contributed by atoms with E-state index < -0.39 is 28.3 Å². The second-order valence-corrected chi connectivity index (χ2v) is 8.73. The molecule has 0 radical (unpaired) electrons. The predicted octanol–water partition coefficient (Wildman–Crippen LogP) is 4.46.